The molecule has 0 saturated carbocycles. The van der Waals surface area contributed by atoms with E-state index in [-0.39, 0.29) is 35.0 Å². The molecule has 3 rings (SSSR count). The second-order valence-electron chi connectivity index (χ2n) is 6.06. The van der Waals surface area contributed by atoms with Gasteiger partial charge in [0.05, 0.1) is 17.3 Å². The van der Waals surface area contributed by atoms with Gasteiger partial charge in [-0.1, -0.05) is 36.3 Å². The molecule has 1 aliphatic heterocycles. The summed E-state index contributed by atoms with van der Waals surface area (Å²) in [5.41, 5.74) is 2.06. The van der Waals surface area contributed by atoms with E-state index < -0.39 is 15.8 Å². The number of hydrogen-bond donors (Lipinski definition) is 0. The van der Waals surface area contributed by atoms with Crippen molar-refractivity contribution >= 4 is 27.6 Å². The highest BCUT2D eigenvalue weighted by atomic mass is 32.2. The van der Waals surface area contributed by atoms with Gasteiger partial charge < -0.3 is 9.26 Å². The van der Waals surface area contributed by atoms with Crippen molar-refractivity contribution < 1.29 is 22.5 Å². The van der Waals surface area contributed by atoms with Crippen molar-refractivity contribution in [2.45, 2.75) is 31.6 Å². The smallest absolute Gasteiger partial charge is 0.316 e. The van der Waals surface area contributed by atoms with Gasteiger partial charge in [0.25, 0.3) is 5.89 Å². The first-order chi connectivity index (χ1) is 12.4. The van der Waals surface area contributed by atoms with Crippen molar-refractivity contribution in [1.82, 2.24) is 10.1 Å². The molecule has 7 nitrogen and oxygen atoms in total. The average molecular weight is 396 g/mol. The zero-order valence-electron chi connectivity index (χ0n) is 14.4. The molecule has 0 amide bonds. The molecule has 1 aromatic carbocycles. The molecule has 26 heavy (non-hydrogen) atoms. The largest absolute Gasteiger partial charge is 0.455 e. The standard InChI is InChI=1S/C17H20N2O5S2/c1-2-12-3-5-13(6-4-12)17-18-15(24-19-17)9-23-16(20)10-25-14-7-8-26(21,22)11-14/h3-6,14H,2,7-11H2,1H3/t14-/m0/s1. The second kappa shape index (κ2) is 8.22. The van der Waals surface area contributed by atoms with Gasteiger partial charge in [0, 0.05) is 10.8 Å². The summed E-state index contributed by atoms with van der Waals surface area (Å²) in [6.07, 6.45) is 1.54. The lowest BCUT2D eigenvalue weighted by Gasteiger charge is -2.06. The fourth-order valence-corrected chi connectivity index (χ4v) is 6.02. The molecule has 1 atom stereocenters. The maximum atomic E-state index is 11.8. The molecule has 2 heterocycles. The lowest BCUT2D eigenvalue weighted by Crippen LogP contribution is -2.12. The zero-order chi connectivity index (χ0) is 18.6. The SMILES string of the molecule is CCc1ccc(-c2noc(COC(=O)CS[C@H]3CCS(=O)(=O)C3)n2)cc1. The first-order valence-corrected chi connectivity index (χ1v) is 11.2. The first kappa shape index (κ1) is 18.9. The Kier molecular flexibility index (Phi) is 5.98. The van der Waals surface area contributed by atoms with Gasteiger partial charge in [-0.2, -0.15) is 4.98 Å². The minimum absolute atomic E-state index is 0.0337. The van der Waals surface area contributed by atoms with Crippen LogP contribution in [0.15, 0.2) is 28.8 Å². The summed E-state index contributed by atoms with van der Waals surface area (Å²) in [6, 6.07) is 7.86. The number of rotatable bonds is 7. The van der Waals surface area contributed by atoms with E-state index in [1.165, 1.54) is 17.3 Å². The van der Waals surface area contributed by atoms with Crippen molar-refractivity contribution in [3.8, 4) is 11.4 Å². The molecule has 1 aromatic heterocycles. The van der Waals surface area contributed by atoms with Gasteiger partial charge >= 0.3 is 5.97 Å². The van der Waals surface area contributed by atoms with E-state index in [4.69, 9.17) is 9.26 Å². The van der Waals surface area contributed by atoms with Crippen LogP contribution in [0.3, 0.4) is 0 Å². The summed E-state index contributed by atoms with van der Waals surface area (Å²) >= 11 is 1.31. The van der Waals surface area contributed by atoms with E-state index in [2.05, 4.69) is 17.1 Å². The minimum atomic E-state index is -2.93. The Morgan fingerprint density at radius 3 is 2.77 bits per heavy atom. The quantitative estimate of drug-likeness (QED) is 0.657. The van der Waals surface area contributed by atoms with Crippen molar-refractivity contribution in [2.24, 2.45) is 0 Å². The predicted molar refractivity (Wildman–Crippen MR) is 98.4 cm³/mol. The number of thioether (sulfide) groups is 1. The van der Waals surface area contributed by atoms with Gasteiger partial charge in [0.1, 0.15) is 0 Å². The average Bonchev–Trinajstić information content (AvgIpc) is 3.24. The Balaban J connectivity index is 1.46. The van der Waals surface area contributed by atoms with Crippen LogP contribution < -0.4 is 0 Å². The van der Waals surface area contributed by atoms with Crippen LogP contribution >= 0.6 is 11.8 Å². The van der Waals surface area contributed by atoms with Crippen LogP contribution in [-0.2, 0) is 32.4 Å². The summed E-state index contributed by atoms with van der Waals surface area (Å²) in [4.78, 5) is 16.0. The molecule has 0 radical (unpaired) electrons. The molecule has 2 aromatic rings. The van der Waals surface area contributed by atoms with Gasteiger partial charge in [0.15, 0.2) is 16.4 Å². The van der Waals surface area contributed by atoms with Crippen LogP contribution in [0.1, 0.15) is 24.8 Å². The third-order valence-electron chi connectivity index (χ3n) is 4.07. The van der Waals surface area contributed by atoms with Gasteiger partial charge in [0.2, 0.25) is 5.82 Å². The molecule has 1 aliphatic rings. The Morgan fingerprint density at radius 1 is 1.35 bits per heavy atom. The Labute approximate surface area is 156 Å². The highest BCUT2D eigenvalue weighted by Gasteiger charge is 2.28. The normalized spacial score (nSPS) is 18.7. The van der Waals surface area contributed by atoms with E-state index in [0.717, 1.165) is 12.0 Å². The molecule has 0 N–H and O–H groups in total. The summed E-state index contributed by atoms with van der Waals surface area (Å²) in [7, 11) is -2.93. The van der Waals surface area contributed by atoms with Crippen molar-refractivity contribution in [3.63, 3.8) is 0 Å². The minimum Gasteiger partial charge on any atom is -0.455 e. The zero-order valence-corrected chi connectivity index (χ0v) is 16.0. The number of aromatic nitrogens is 2. The molecule has 1 saturated heterocycles. The molecule has 0 bridgehead atoms. The lowest BCUT2D eigenvalue weighted by atomic mass is 10.1. The van der Waals surface area contributed by atoms with Crippen LogP contribution in [0.4, 0.5) is 0 Å². The number of benzene rings is 1. The number of aryl methyl sites for hydroxylation is 1. The van der Waals surface area contributed by atoms with Gasteiger partial charge in [-0.05, 0) is 18.4 Å². The maximum Gasteiger partial charge on any atom is 0.316 e. The van der Waals surface area contributed by atoms with Crippen molar-refractivity contribution in [1.29, 1.82) is 0 Å². The van der Waals surface area contributed by atoms with Gasteiger partial charge in [-0.3, -0.25) is 4.79 Å². The monoisotopic (exact) mass is 396 g/mol. The third-order valence-corrected chi connectivity index (χ3v) is 7.33. The number of esters is 1. The summed E-state index contributed by atoms with van der Waals surface area (Å²) in [5.74, 6) is 0.690. The van der Waals surface area contributed by atoms with Crippen LogP contribution in [0.25, 0.3) is 11.4 Å². The Bertz CT molecular complexity index is 862. The molecule has 0 spiro atoms. The van der Waals surface area contributed by atoms with Gasteiger partial charge in [-0.25, -0.2) is 8.42 Å². The molecular weight excluding hydrogens is 376 g/mol. The summed E-state index contributed by atoms with van der Waals surface area (Å²) < 4.78 is 33.0. The summed E-state index contributed by atoms with van der Waals surface area (Å²) in [6.45, 7) is 1.99. The summed E-state index contributed by atoms with van der Waals surface area (Å²) in [5, 5.41) is 3.86. The topological polar surface area (TPSA) is 99.4 Å². The van der Waals surface area contributed by atoms with Gasteiger partial charge in [-0.15, -0.1) is 11.8 Å². The third kappa shape index (κ3) is 5.07. The Morgan fingerprint density at radius 2 is 2.12 bits per heavy atom. The van der Waals surface area contributed by atoms with E-state index in [1.54, 1.807) is 0 Å². The van der Waals surface area contributed by atoms with Crippen molar-refractivity contribution in [3.05, 3.63) is 35.7 Å². The molecule has 140 valence electrons. The number of sulfone groups is 1. The van der Waals surface area contributed by atoms with E-state index in [0.29, 0.717) is 12.2 Å². The molecule has 1 fully saturated rings. The Hall–Kier alpha value is -1.87. The van der Waals surface area contributed by atoms with E-state index in [9.17, 15) is 13.2 Å². The number of hydrogen-bond acceptors (Lipinski definition) is 8. The number of carbonyl (C=O) groups excluding carboxylic acids is 1. The maximum absolute atomic E-state index is 11.8. The van der Waals surface area contributed by atoms with E-state index in [1.807, 2.05) is 24.3 Å². The molecular formula is C17H20N2O5S2. The second-order valence-corrected chi connectivity index (χ2v) is 9.58. The van der Waals surface area contributed by atoms with Crippen LogP contribution in [0.5, 0.6) is 0 Å². The van der Waals surface area contributed by atoms with Crippen LogP contribution in [0.2, 0.25) is 0 Å². The predicted octanol–water partition coefficient (Wildman–Crippen LogP) is 2.26. The van der Waals surface area contributed by atoms with Crippen LogP contribution in [0, 0.1) is 0 Å². The number of carbonyl (C=O) groups is 1. The lowest BCUT2D eigenvalue weighted by molar-refractivity contribution is -0.142. The highest BCUT2D eigenvalue weighted by Crippen LogP contribution is 2.24. The first-order valence-electron chi connectivity index (χ1n) is 8.35. The van der Waals surface area contributed by atoms with Crippen molar-refractivity contribution in [2.75, 3.05) is 17.3 Å². The highest BCUT2D eigenvalue weighted by molar-refractivity contribution is 8.02. The van der Waals surface area contributed by atoms with E-state index >= 15 is 0 Å². The molecule has 0 aliphatic carbocycles. The molecule has 0 unspecified atom stereocenters. The fraction of sp³-hybridized carbons (Fsp3) is 0.471. The fourth-order valence-electron chi connectivity index (χ4n) is 2.58. The number of nitrogens with zero attached hydrogens (tertiary/aromatic N) is 2. The van der Waals surface area contributed by atoms with Crippen LogP contribution in [-0.4, -0.2) is 47.0 Å². The molecule has 9 heteroatoms. The number of ether oxygens (including phenoxy) is 1.